The maximum Gasteiger partial charge on any atom is 0.241 e. The van der Waals surface area contributed by atoms with Gasteiger partial charge in [0.2, 0.25) is 5.91 Å². The summed E-state index contributed by atoms with van der Waals surface area (Å²) in [6, 6.07) is 11.5. The first-order valence-corrected chi connectivity index (χ1v) is 8.06. The molecule has 3 aromatic rings. The Morgan fingerprint density at radius 3 is 3.04 bits per heavy atom. The number of benzene rings is 1. The fraction of sp³-hybridized carbons (Fsp3) is 0.278. The second-order valence-electron chi connectivity index (χ2n) is 5.69. The Morgan fingerprint density at radius 2 is 2.24 bits per heavy atom. The third-order valence-corrected chi connectivity index (χ3v) is 3.54. The molecule has 0 radical (unpaired) electrons. The quantitative estimate of drug-likeness (QED) is 0.679. The lowest BCUT2D eigenvalue weighted by Gasteiger charge is -2.04. The average Bonchev–Trinajstić information content (AvgIpc) is 3.25. The van der Waals surface area contributed by atoms with Crippen molar-refractivity contribution < 1.29 is 13.9 Å². The van der Waals surface area contributed by atoms with Crippen molar-refractivity contribution in [1.82, 2.24) is 20.3 Å². The summed E-state index contributed by atoms with van der Waals surface area (Å²) in [4.78, 5) is 11.9. The molecule has 1 amide bonds. The van der Waals surface area contributed by atoms with Crippen molar-refractivity contribution in [3.05, 3.63) is 65.9 Å². The molecule has 0 fully saturated rings. The summed E-state index contributed by atoms with van der Waals surface area (Å²) in [7, 11) is 0. The molecule has 1 N–H and O–H groups in total. The van der Waals surface area contributed by atoms with Crippen LogP contribution in [-0.4, -0.2) is 27.4 Å². The van der Waals surface area contributed by atoms with Crippen molar-refractivity contribution in [1.29, 1.82) is 0 Å². The molecule has 0 saturated heterocycles. The van der Waals surface area contributed by atoms with Gasteiger partial charge in [-0.3, -0.25) is 4.79 Å². The molecule has 0 spiro atoms. The summed E-state index contributed by atoms with van der Waals surface area (Å²) in [6.07, 6.45) is 3.99. The zero-order valence-electron chi connectivity index (χ0n) is 14.0. The maximum absolute atomic E-state index is 11.9. The first kappa shape index (κ1) is 16.8. The van der Waals surface area contributed by atoms with Crippen molar-refractivity contribution in [3.8, 4) is 5.75 Å². The van der Waals surface area contributed by atoms with Crippen LogP contribution in [0.15, 0.2) is 53.3 Å². The molecule has 0 aliphatic rings. The lowest BCUT2D eigenvalue weighted by atomic mass is 10.2. The van der Waals surface area contributed by atoms with E-state index in [0.29, 0.717) is 25.3 Å². The second-order valence-corrected chi connectivity index (χ2v) is 5.69. The smallest absolute Gasteiger partial charge is 0.241 e. The minimum absolute atomic E-state index is 0.121. The normalized spacial score (nSPS) is 10.6. The SMILES string of the molecule is Cc1cccc(OCc2cn(CC(=O)NCCc3ccco3)nn2)c1. The standard InChI is InChI=1S/C18H20N4O3/c1-14-4-2-5-17(10-14)25-13-15-11-22(21-20-15)12-18(23)19-8-7-16-6-3-9-24-16/h2-6,9-11H,7-8,12-13H2,1H3,(H,19,23). The van der Waals surface area contributed by atoms with Gasteiger partial charge in [0.15, 0.2) is 0 Å². The lowest BCUT2D eigenvalue weighted by Crippen LogP contribution is -2.29. The zero-order chi connectivity index (χ0) is 17.5. The molecule has 7 nitrogen and oxygen atoms in total. The predicted octanol–water partition coefficient (Wildman–Crippen LogP) is 2.12. The molecular weight excluding hydrogens is 320 g/mol. The van der Waals surface area contributed by atoms with Gasteiger partial charge in [0, 0.05) is 13.0 Å². The van der Waals surface area contributed by atoms with Gasteiger partial charge in [-0.05, 0) is 36.8 Å². The highest BCUT2D eigenvalue weighted by Crippen LogP contribution is 2.13. The molecule has 0 aliphatic carbocycles. The molecule has 7 heteroatoms. The Morgan fingerprint density at radius 1 is 1.32 bits per heavy atom. The van der Waals surface area contributed by atoms with Gasteiger partial charge < -0.3 is 14.5 Å². The number of amides is 1. The number of aryl methyl sites for hydroxylation is 1. The van der Waals surface area contributed by atoms with Crippen LogP contribution >= 0.6 is 0 Å². The van der Waals surface area contributed by atoms with Gasteiger partial charge in [-0.15, -0.1) is 5.10 Å². The molecule has 0 saturated carbocycles. The largest absolute Gasteiger partial charge is 0.487 e. The minimum atomic E-state index is -0.123. The van der Waals surface area contributed by atoms with Crippen LogP contribution in [0.1, 0.15) is 17.0 Å². The number of aromatic nitrogens is 3. The summed E-state index contributed by atoms with van der Waals surface area (Å²) < 4.78 is 12.4. The van der Waals surface area contributed by atoms with Crippen LogP contribution in [0.4, 0.5) is 0 Å². The van der Waals surface area contributed by atoms with E-state index in [-0.39, 0.29) is 12.5 Å². The number of rotatable bonds is 8. The molecule has 1 aromatic carbocycles. The van der Waals surface area contributed by atoms with E-state index in [2.05, 4.69) is 15.6 Å². The van der Waals surface area contributed by atoms with Gasteiger partial charge in [-0.2, -0.15) is 0 Å². The third-order valence-electron chi connectivity index (χ3n) is 3.54. The second kappa shape index (κ2) is 8.14. The first-order valence-electron chi connectivity index (χ1n) is 8.06. The van der Waals surface area contributed by atoms with Crippen LogP contribution in [0, 0.1) is 6.92 Å². The Labute approximate surface area is 145 Å². The van der Waals surface area contributed by atoms with Crippen LogP contribution < -0.4 is 10.1 Å². The molecule has 25 heavy (non-hydrogen) atoms. The highest BCUT2D eigenvalue weighted by Gasteiger charge is 2.07. The van der Waals surface area contributed by atoms with Crippen LogP contribution in [-0.2, 0) is 24.4 Å². The molecule has 0 unspecified atom stereocenters. The monoisotopic (exact) mass is 340 g/mol. The molecule has 2 heterocycles. The predicted molar refractivity (Wildman–Crippen MR) is 91.0 cm³/mol. The topological polar surface area (TPSA) is 82.2 Å². The Hall–Kier alpha value is -3.09. The van der Waals surface area contributed by atoms with Crippen molar-refractivity contribution in [2.75, 3.05) is 6.54 Å². The number of ether oxygens (including phenoxy) is 1. The fourth-order valence-electron chi connectivity index (χ4n) is 2.33. The molecule has 2 aromatic heterocycles. The van der Waals surface area contributed by atoms with E-state index in [4.69, 9.17) is 9.15 Å². The Balaban J connectivity index is 1.42. The van der Waals surface area contributed by atoms with E-state index in [9.17, 15) is 4.79 Å². The fourth-order valence-corrected chi connectivity index (χ4v) is 2.33. The van der Waals surface area contributed by atoms with E-state index in [1.165, 1.54) is 4.68 Å². The molecule has 0 atom stereocenters. The Bertz CT molecular complexity index is 811. The van der Waals surface area contributed by atoms with Gasteiger partial charge in [0.1, 0.15) is 30.4 Å². The summed E-state index contributed by atoms with van der Waals surface area (Å²) in [5.74, 6) is 1.50. The van der Waals surface area contributed by atoms with Gasteiger partial charge >= 0.3 is 0 Å². The average molecular weight is 340 g/mol. The van der Waals surface area contributed by atoms with E-state index in [1.54, 1.807) is 12.5 Å². The number of carbonyl (C=O) groups excluding carboxylic acids is 1. The summed E-state index contributed by atoms with van der Waals surface area (Å²) in [5.41, 5.74) is 1.80. The van der Waals surface area contributed by atoms with E-state index < -0.39 is 0 Å². The highest BCUT2D eigenvalue weighted by molar-refractivity contribution is 5.75. The van der Waals surface area contributed by atoms with Gasteiger partial charge in [-0.1, -0.05) is 17.3 Å². The molecule has 130 valence electrons. The summed E-state index contributed by atoms with van der Waals surface area (Å²) in [6.45, 7) is 2.96. The summed E-state index contributed by atoms with van der Waals surface area (Å²) in [5, 5.41) is 10.8. The molecule has 3 rings (SSSR count). The minimum Gasteiger partial charge on any atom is -0.487 e. The lowest BCUT2D eigenvalue weighted by molar-refractivity contribution is -0.121. The number of nitrogens with zero attached hydrogens (tertiary/aromatic N) is 3. The van der Waals surface area contributed by atoms with Crippen LogP contribution in [0.2, 0.25) is 0 Å². The Kier molecular flexibility index (Phi) is 5.46. The van der Waals surface area contributed by atoms with Crippen LogP contribution in [0.3, 0.4) is 0 Å². The van der Waals surface area contributed by atoms with Gasteiger partial charge in [-0.25, -0.2) is 4.68 Å². The number of nitrogens with one attached hydrogen (secondary N) is 1. The molecule has 0 aliphatic heterocycles. The van der Waals surface area contributed by atoms with Gasteiger partial charge in [0.05, 0.1) is 12.5 Å². The van der Waals surface area contributed by atoms with Gasteiger partial charge in [0.25, 0.3) is 0 Å². The molecular formula is C18H20N4O3. The van der Waals surface area contributed by atoms with Crippen LogP contribution in [0.5, 0.6) is 5.75 Å². The van der Waals surface area contributed by atoms with E-state index >= 15 is 0 Å². The number of furan rings is 1. The van der Waals surface area contributed by atoms with Crippen LogP contribution in [0.25, 0.3) is 0 Å². The highest BCUT2D eigenvalue weighted by atomic mass is 16.5. The molecule has 0 bridgehead atoms. The van der Waals surface area contributed by atoms with Crippen molar-refractivity contribution in [2.24, 2.45) is 0 Å². The van der Waals surface area contributed by atoms with Crippen molar-refractivity contribution >= 4 is 5.91 Å². The maximum atomic E-state index is 11.9. The zero-order valence-corrected chi connectivity index (χ0v) is 14.0. The summed E-state index contributed by atoms with van der Waals surface area (Å²) >= 11 is 0. The third kappa shape index (κ3) is 5.20. The first-order chi connectivity index (χ1) is 12.2. The van der Waals surface area contributed by atoms with Crippen molar-refractivity contribution in [3.63, 3.8) is 0 Å². The number of hydrogen-bond donors (Lipinski definition) is 1. The van der Waals surface area contributed by atoms with E-state index in [0.717, 1.165) is 17.1 Å². The number of hydrogen-bond acceptors (Lipinski definition) is 5. The van der Waals surface area contributed by atoms with E-state index in [1.807, 2.05) is 43.3 Å². The van der Waals surface area contributed by atoms with Crippen molar-refractivity contribution in [2.45, 2.75) is 26.5 Å². The number of carbonyl (C=O) groups is 1.